The van der Waals surface area contributed by atoms with Gasteiger partial charge in [0.1, 0.15) is 0 Å². The Bertz CT molecular complexity index is 326. The van der Waals surface area contributed by atoms with Crippen molar-refractivity contribution in [1.29, 1.82) is 0 Å². The summed E-state index contributed by atoms with van der Waals surface area (Å²) in [6, 6.07) is 0. The summed E-state index contributed by atoms with van der Waals surface area (Å²) in [6.45, 7) is 4.00. The lowest BCUT2D eigenvalue weighted by atomic mass is 10.00. The zero-order valence-corrected chi connectivity index (χ0v) is 8.83. The fourth-order valence-electron chi connectivity index (χ4n) is 1.56. The van der Waals surface area contributed by atoms with Gasteiger partial charge < -0.3 is 0 Å². The van der Waals surface area contributed by atoms with Crippen LogP contribution in [0.25, 0.3) is 0 Å². The second-order valence-electron chi connectivity index (χ2n) is 3.00. The normalized spacial score (nSPS) is 19.5. The van der Waals surface area contributed by atoms with E-state index in [1.807, 2.05) is 19.9 Å². The first-order valence-electron chi connectivity index (χ1n) is 4.94. The van der Waals surface area contributed by atoms with Crippen LogP contribution in [-0.2, 0) is 9.59 Å². The lowest BCUT2D eigenvalue weighted by molar-refractivity contribution is -0.135. The first kappa shape index (κ1) is 10.7. The number of hydrogen-bond acceptors (Lipinski definition) is 2. The average molecular weight is 193 g/mol. The molecular formula is C11H15NO2. The van der Waals surface area contributed by atoms with E-state index in [4.69, 9.17) is 0 Å². The minimum absolute atomic E-state index is 0.126. The molecule has 3 nitrogen and oxygen atoms in total. The van der Waals surface area contributed by atoms with E-state index in [1.54, 1.807) is 6.08 Å². The summed E-state index contributed by atoms with van der Waals surface area (Å²) in [7, 11) is 1.52. The van der Waals surface area contributed by atoms with E-state index >= 15 is 0 Å². The summed E-state index contributed by atoms with van der Waals surface area (Å²) in [6.07, 6.45) is 5.26. The highest BCUT2D eigenvalue weighted by Crippen LogP contribution is 2.27. The number of carbonyl (C=O) groups excluding carboxylic acids is 2. The van der Waals surface area contributed by atoms with Crippen molar-refractivity contribution in [3.05, 3.63) is 23.3 Å². The molecule has 2 aliphatic rings. The Hall–Kier alpha value is -1.38. The fraction of sp³-hybridized carbons (Fsp3) is 0.455. The highest BCUT2D eigenvalue weighted by Gasteiger charge is 2.34. The molecule has 0 aromatic rings. The molecular weight excluding hydrogens is 178 g/mol. The lowest BCUT2D eigenvalue weighted by Gasteiger charge is -2.04. The Morgan fingerprint density at radius 1 is 1.21 bits per heavy atom. The Kier molecular flexibility index (Phi) is 3.23. The maximum absolute atomic E-state index is 11.4. The van der Waals surface area contributed by atoms with E-state index in [0.717, 1.165) is 6.42 Å². The number of likely N-dealkylation sites (N-methyl/N-ethyl adjacent to an activating group) is 1. The van der Waals surface area contributed by atoms with Crippen LogP contribution in [-0.4, -0.2) is 23.8 Å². The van der Waals surface area contributed by atoms with Gasteiger partial charge in [0.25, 0.3) is 11.8 Å². The molecule has 0 unspecified atom stereocenters. The SMILES string of the molecule is CC.CN1C(=O)C2=C(CCC=C2)C1=O. The fourth-order valence-corrected chi connectivity index (χ4v) is 1.56. The molecule has 1 aliphatic heterocycles. The number of hydrogen-bond donors (Lipinski definition) is 0. The van der Waals surface area contributed by atoms with Gasteiger partial charge in [0, 0.05) is 18.2 Å². The van der Waals surface area contributed by atoms with Crippen molar-refractivity contribution in [3.8, 4) is 0 Å². The average Bonchev–Trinajstić information content (AvgIpc) is 2.48. The van der Waals surface area contributed by atoms with Crippen LogP contribution in [0.15, 0.2) is 23.3 Å². The minimum atomic E-state index is -0.161. The van der Waals surface area contributed by atoms with Crippen molar-refractivity contribution in [3.63, 3.8) is 0 Å². The Morgan fingerprint density at radius 2 is 1.86 bits per heavy atom. The number of rotatable bonds is 0. The quantitative estimate of drug-likeness (QED) is 0.549. The first-order chi connectivity index (χ1) is 6.72. The molecule has 0 N–H and O–H groups in total. The number of imide groups is 1. The summed E-state index contributed by atoms with van der Waals surface area (Å²) in [4.78, 5) is 23.9. The van der Waals surface area contributed by atoms with Crippen molar-refractivity contribution in [2.24, 2.45) is 0 Å². The van der Waals surface area contributed by atoms with Gasteiger partial charge in [-0.25, -0.2) is 0 Å². The molecule has 0 aromatic heterocycles. The minimum Gasteiger partial charge on any atom is -0.278 e. The summed E-state index contributed by atoms with van der Waals surface area (Å²) in [5, 5.41) is 0. The summed E-state index contributed by atoms with van der Waals surface area (Å²) < 4.78 is 0. The predicted molar refractivity (Wildman–Crippen MR) is 54.5 cm³/mol. The van der Waals surface area contributed by atoms with Crippen molar-refractivity contribution in [2.75, 3.05) is 7.05 Å². The molecule has 2 rings (SSSR count). The Morgan fingerprint density at radius 3 is 2.43 bits per heavy atom. The van der Waals surface area contributed by atoms with Crippen molar-refractivity contribution in [2.45, 2.75) is 26.7 Å². The van der Waals surface area contributed by atoms with Gasteiger partial charge in [-0.15, -0.1) is 0 Å². The molecule has 3 heteroatoms. The summed E-state index contributed by atoms with van der Waals surface area (Å²) in [5.74, 6) is -0.287. The third kappa shape index (κ3) is 1.50. The molecule has 0 spiro atoms. The second-order valence-corrected chi connectivity index (χ2v) is 3.00. The van der Waals surface area contributed by atoms with Crippen LogP contribution in [0, 0.1) is 0 Å². The topological polar surface area (TPSA) is 37.4 Å². The van der Waals surface area contributed by atoms with E-state index < -0.39 is 0 Å². The van der Waals surface area contributed by atoms with Gasteiger partial charge in [-0.3, -0.25) is 14.5 Å². The highest BCUT2D eigenvalue weighted by atomic mass is 16.2. The molecule has 0 bridgehead atoms. The molecule has 0 aromatic carbocycles. The van der Waals surface area contributed by atoms with E-state index in [-0.39, 0.29) is 11.8 Å². The van der Waals surface area contributed by atoms with E-state index in [0.29, 0.717) is 17.6 Å². The van der Waals surface area contributed by atoms with E-state index in [2.05, 4.69) is 0 Å². The van der Waals surface area contributed by atoms with Crippen LogP contribution < -0.4 is 0 Å². The second kappa shape index (κ2) is 4.22. The Labute approximate surface area is 84.1 Å². The molecule has 0 saturated heterocycles. The molecule has 1 heterocycles. The van der Waals surface area contributed by atoms with Crippen molar-refractivity contribution in [1.82, 2.24) is 4.90 Å². The van der Waals surface area contributed by atoms with Gasteiger partial charge in [-0.1, -0.05) is 26.0 Å². The summed E-state index contributed by atoms with van der Waals surface area (Å²) >= 11 is 0. The monoisotopic (exact) mass is 193 g/mol. The molecule has 0 atom stereocenters. The zero-order valence-electron chi connectivity index (χ0n) is 8.83. The zero-order chi connectivity index (χ0) is 10.7. The number of amides is 2. The summed E-state index contributed by atoms with van der Waals surface area (Å²) in [5.41, 5.74) is 1.28. The number of nitrogens with zero attached hydrogens (tertiary/aromatic N) is 1. The van der Waals surface area contributed by atoms with Gasteiger partial charge in [0.15, 0.2) is 0 Å². The van der Waals surface area contributed by atoms with Gasteiger partial charge in [0.05, 0.1) is 0 Å². The van der Waals surface area contributed by atoms with Crippen LogP contribution >= 0.6 is 0 Å². The maximum atomic E-state index is 11.4. The van der Waals surface area contributed by atoms with Gasteiger partial charge in [0.2, 0.25) is 0 Å². The lowest BCUT2D eigenvalue weighted by Crippen LogP contribution is -2.26. The van der Waals surface area contributed by atoms with Crippen LogP contribution in [0.3, 0.4) is 0 Å². The number of allylic oxidation sites excluding steroid dienone is 1. The van der Waals surface area contributed by atoms with Gasteiger partial charge >= 0.3 is 0 Å². The van der Waals surface area contributed by atoms with Crippen molar-refractivity contribution < 1.29 is 9.59 Å². The largest absolute Gasteiger partial charge is 0.278 e. The van der Waals surface area contributed by atoms with E-state index in [9.17, 15) is 9.59 Å². The maximum Gasteiger partial charge on any atom is 0.260 e. The van der Waals surface area contributed by atoms with Crippen LogP contribution in [0.4, 0.5) is 0 Å². The molecule has 0 fully saturated rings. The van der Waals surface area contributed by atoms with Crippen LogP contribution in [0.1, 0.15) is 26.7 Å². The molecule has 14 heavy (non-hydrogen) atoms. The molecule has 2 amide bonds. The predicted octanol–water partition coefficient (Wildman–Crippen LogP) is 1.66. The first-order valence-corrected chi connectivity index (χ1v) is 4.94. The van der Waals surface area contributed by atoms with Crippen LogP contribution in [0.5, 0.6) is 0 Å². The number of carbonyl (C=O) groups is 2. The van der Waals surface area contributed by atoms with Crippen LogP contribution in [0.2, 0.25) is 0 Å². The molecule has 76 valence electrons. The molecule has 1 aliphatic carbocycles. The standard InChI is InChI=1S/C9H9NO2.C2H6/c1-10-8(11)6-4-2-3-5-7(6)9(10)12;1-2/h2,4H,3,5H2,1H3;1-2H3. The third-order valence-corrected chi connectivity index (χ3v) is 2.27. The van der Waals surface area contributed by atoms with Gasteiger partial charge in [-0.05, 0) is 12.8 Å². The van der Waals surface area contributed by atoms with E-state index in [1.165, 1.54) is 11.9 Å². The van der Waals surface area contributed by atoms with Gasteiger partial charge in [-0.2, -0.15) is 0 Å². The molecule has 0 saturated carbocycles. The Balaban J connectivity index is 0.000000461. The smallest absolute Gasteiger partial charge is 0.260 e. The van der Waals surface area contributed by atoms with Crippen molar-refractivity contribution >= 4 is 11.8 Å². The third-order valence-electron chi connectivity index (χ3n) is 2.27. The highest BCUT2D eigenvalue weighted by molar-refractivity contribution is 6.20. The molecule has 0 radical (unpaired) electrons.